The monoisotopic (exact) mass is 608 g/mol. The summed E-state index contributed by atoms with van der Waals surface area (Å²) in [5.74, 6) is 2.61. The van der Waals surface area contributed by atoms with E-state index in [1.165, 1.54) is 49.7 Å². The Balaban J connectivity index is 1.85. The van der Waals surface area contributed by atoms with E-state index in [4.69, 9.17) is 0 Å². The van der Waals surface area contributed by atoms with Crippen molar-refractivity contribution >= 4 is 23.5 Å². The molecule has 0 bridgehead atoms. The van der Waals surface area contributed by atoms with Gasteiger partial charge in [-0.15, -0.1) is 0 Å². The molecular formula is C38H56O2S2. The molecule has 2 aromatic carbocycles. The van der Waals surface area contributed by atoms with Crippen LogP contribution >= 0.6 is 23.5 Å². The number of phenols is 2. The minimum Gasteiger partial charge on any atom is -0.507 e. The molecule has 0 aromatic heterocycles. The van der Waals surface area contributed by atoms with Crippen LogP contribution in [0.5, 0.6) is 11.5 Å². The molecular weight excluding hydrogens is 553 g/mol. The van der Waals surface area contributed by atoms with Gasteiger partial charge in [0.15, 0.2) is 0 Å². The Morgan fingerprint density at radius 3 is 1.31 bits per heavy atom. The first-order chi connectivity index (χ1) is 19.8. The summed E-state index contributed by atoms with van der Waals surface area (Å²) >= 11 is 4.08. The lowest BCUT2D eigenvalue weighted by atomic mass is 9.84. The Bertz CT molecular complexity index is 1120. The lowest BCUT2D eigenvalue weighted by Crippen LogP contribution is -2.22. The van der Waals surface area contributed by atoms with E-state index in [9.17, 15) is 10.2 Å². The Labute approximate surface area is 265 Å². The average Bonchev–Trinajstić information content (AvgIpc) is 2.91. The van der Waals surface area contributed by atoms with Crippen molar-refractivity contribution in [3.05, 3.63) is 82.0 Å². The molecule has 0 heterocycles. The molecule has 232 valence electrons. The summed E-state index contributed by atoms with van der Waals surface area (Å²) < 4.78 is 0. The van der Waals surface area contributed by atoms with Crippen LogP contribution < -0.4 is 0 Å². The van der Waals surface area contributed by atoms with E-state index in [1.54, 1.807) is 0 Å². The van der Waals surface area contributed by atoms with Gasteiger partial charge in [-0.25, -0.2) is 0 Å². The number of rotatable bonds is 10. The zero-order chi connectivity index (χ0) is 30.9. The van der Waals surface area contributed by atoms with Crippen molar-refractivity contribution < 1.29 is 10.2 Å². The fourth-order valence-corrected chi connectivity index (χ4v) is 8.67. The van der Waals surface area contributed by atoms with Crippen LogP contribution in [-0.4, -0.2) is 20.7 Å². The maximum atomic E-state index is 11.3. The van der Waals surface area contributed by atoms with Crippen LogP contribution in [0.2, 0.25) is 0 Å². The highest BCUT2D eigenvalue weighted by molar-refractivity contribution is 8.03. The molecule has 0 saturated heterocycles. The number of thioether (sulfide) groups is 2. The van der Waals surface area contributed by atoms with E-state index in [0.29, 0.717) is 22.0 Å². The quantitative estimate of drug-likeness (QED) is 0.263. The largest absolute Gasteiger partial charge is 0.507 e. The second kappa shape index (κ2) is 15.8. The Kier molecular flexibility index (Phi) is 13.1. The third-order valence-corrected chi connectivity index (χ3v) is 11.6. The van der Waals surface area contributed by atoms with Crippen molar-refractivity contribution in [2.24, 2.45) is 0 Å². The molecule has 0 spiro atoms. The van der Waals surface area contributed by atoms with Gasteiger partial charge < -0.3 is 10.2 Å². The summed E-state index contributed by atoms with van der Waals surface area (Å²) in [6.07, 6.45) is 17.5. The molecule has 1 aliphatic rings. The van der Waals surface area contributed by atoms with Crippen LogP contribution in [0.25, 0.3) is 0 Å². The molecule has 0 radical (unpaired) electrons. The highest BCUT2D eigenvalue weighted by atomic mass is 32.2. The molecule has 4 heteroatoms. The smallest absolute Gasteiger partial charge is 0.123 e. The Morgan fingerprint density at radius 2 is 0.976 bits per heavy atom. The highest BCUT2D eigenvalue weighted by Crippen LogP contribution is 2.42. The summed E-state index contributed by atoms with van der Waals surface area (Å²) in [7, 11) is 0. The summed E-state index contributed by atoms with van der Waals surface area (Å²) in [6, 6.07) is 8.88. The average molecular weight is 609 g/mol. The lowest BCUT2D eigenvalue weighted by Gasteiger charge is -2.30. The maximum Gasteiger partial charge on any atom is 0.123 e. The molecule has 2 aromatic rings. The first-order valence-corrected chi connectivity index (χ1v) is 18.1. The molecule has 2 N–H and O–H groups in total. The van der Waals surface area contributed by atoms with E-state index in [1.807, 2.05) is 37.4 Å². The van der Waals surface area contributed by atoms with Crippen LogP contribution in [0.4, 0.5) is 0 Å². The maximum absolute atomic E-state index is 11.3. The summed E-state index contributed by atoms with van der Waals surface area (Å²) in [4.78, 5) is 0. The van der Waals surface area contributed by atoms with Gasteiger partial charge in [-0.2, -0.15) is 23.5 Å². The van der Waals surface area contributed by atoms with Gasteiger partial charge >= 0.3 is 0 Å². The molecule has 42 heavy (non-hydrogen) atoms. The van der Waals surface area contributed by atoms with Crippen LogP contribution in [-0.2, 0) is 35.2 Å². The third-order valence-electron chi connectivity index (χ3n) is 8.46. The summed E-state index contributed by atoms with van der Waals surface area (Å²) in [5, 5.41) is 23.6. The molecule has 0 amide bonds. The molecule has 1 fully saturated rings. The van der Waals surface area contributed by atoms with Crippen molar-refractivity contribution in [1.82, 2.24) is 0 Å². The van der Waals surface area contributed by atoms with E-state index < -0.39 is 0 Å². The summed E-state index contributed by atoms with van der Waals surface area (Å²) in [5.41, 5.74) is 6.86. The van der Waals surface area contributed by atoms with Crippen LogP contribution in [0.3, 0.4) is 0 Å². The zero-order valence-electron chi connectivity index (χ0n) is 27.6. The van der Waals surface area contributed by atoms with Gasteiger partial charge in [0.2, 0.25) is 0 Å². The SMILES string of the molecule is CC=CCc1cc(C(C)(C)C)cc(CSC2CCCCCCC2SCc2cc(C(C)(C)C)cc(CC=CC)c2O)c1O. The van der Waals surface area contributed by atoms with Crippen LogP contribution in [0.15, 0.2) is 48.6 Å². The number of phenolic OH excluding ortho intramolecular Hbond substituents is 2. The number of aromatic hydroxyl groups is 2. The number of hydrogen-bond acceptors (Lipinski definition) is 4. The van der Waals surface area contributed by atoms with Gasteiger partial charge in [-0.3, -0.25) is 0 Å². The molecule has 1 saturated carbocycles. The number of allylic oxidation sites excluding steroid dienone is 4. The van der Waals surface area contributed by atoms with Crippen LogP contribution in [0, 0.1) is 0 Å². The predicted octanol–water partition coefficient (Wildman–Crippen LogP) is 11.2. The Hall–Kier alpha value is -1.78. The van der Waals surface area contributed by atoms with Crippen LogP contribution in [0.1, 0.15) is 127 Å². The van der Waals surface area contributed by atoms with E-state index >= 15 is 0 Å². The molecule has 2 unspecified atom stereocenters. The number of hydrogen-bond donors (Lipinski definition) is 2. The van der Waals surface area contributed by atoms with Crippen molar-refractivity contribution in [2.75, 3.05) is 0 Å². The zero-order valence-corrected chi connectivity index (χ0v) is 29.2. The lowest BCUT2D eigenvalue weighted by molar-refractivity contribution is 0.462. The van der Waals surface area contributed by atoms with Crippen molar-refractivity contribution in [1.29, 1.82) is 0 Å². The minimum atomic E-state index is 0.0335. The number of benzene rings is 2. The standard InChI is InChI=1S/C38H56O2S2/c1-9-11-17-27-21-31(37(3,4)5)23-29(35(27)39)25-41-33-19-15-13-14-16-20-34(33)42-26-30-24-32(38(6,7)8)22-28(36(30)40)18-12-10-2/h9-12,21-24,33-34,39-40H,13-20,25-26H2,1-8H3. The molecule has 2 nitrogen and oxygen atoms in total. The second-order valence-electron chi connectivity index (χ2n) is 14.0. The van der Waals surface area contributed by atoms with Gasteiger partial charge in [0.05, 0.1) is 0 Å². The van der Waals surface area contributed by atoms with Gasteiger partial charge in [-0.1, -0.05) is 116 Å². The van der Waals surface area contributed by atoms with Gasteiger partial charge in [-0.05, 0) is 72.6 Å². The fourth-order valence-electron chi connectivity index (χ4n) is 5.60. The molecule has 3 rings (SSSR count). The van der Waals surface area contributed by atoms with Crippen molar-refractivity contribution in [3.8, 4) is 11.5 Å². The topological polar surface area (TPSA) is 40.5 Å². The normalized spacial score (nSPS) is 19.0. The Morgan fingerprint density at radius 1 is 0.619 bits per heavy atom. The van der Waals surface area contributed by atoms with Gasteiger partial charge in [0.1, 0.15) is 11.5 Å². The highest BCUT2D eigenvalue weighted by Gasteiger charge is 2.26. The minimum absolute atomic E-state index is 0.0335. The van der Waals surface area contributed by atoms with E-state index in [0.717, 1.165) is 46.6 Å². The summed E-state index contributed by atoms with van der Waals surface area (Å²) in [6.45, 7) is 17.6. The van der Waals surface area contributed by atoms with Gasteiger partial charge in [0, 0.05) is 33.1 Å². The fraction of sp³-hybridized carbons (Fsp3) is 0.579. The van der Waals surface area contributed by atoms with E-state index in [2.05, 4.69) is 90.1 Å². The first-order valence-electron chi connectivity index (χ1n) is 16.0. The molecule has 0 aliphatic heterocycles. The van der Waals surface area contributed by atoms with Gasteiger partial charge in [0.25, 0.3) is 0 Å². The second-order valence-corrected chi connectivity index (χ2v) is 16.5. The van der Waals surface area contributed by atoms with E-state index in [-0.39, 0.29) is 10.8 Å². The molecule has 1 aliphatic carbocycles. The third kappa shape index (κ3) is 9.88. The van der Waals surface area contributed by atoms with Crippen molar-refractivity contribution in [2.45, 2.75) is 140 Å². The van der Waals surface area contributed by atoms with Crippen molar-refractivity contribution in [3.63, 3.8) is 0 Å². The first kappa shape index (κ1) is 34.7. The predicted molar refractivity (Wildman–Crippen MR) is 189 cm³/mol. The molecule has 2 atom stereocenters.